The largest absolute Gasteiger partial charge is 0.465 e. The average Bonchev–Trinajstić information content (AvgIpc) is 3.30. The lowest BCUT2D eigenvalue weighted by Gasteiger charge is -2.09. The number of rotatable bonds is 3. The van der Waals surface area contributed by atoms with Crippen molar-refractivity contribution < 1.29 is 23.9 Å². The van der Waals surface area contributed by atoms with Crippen LogP contribution in [0.1, 0.15) is 36.9 Å². The number of fused-ring (bicyclic) bond motifs is 4. The van der Waals surface area contributed by atoms with Gasteiger partial charge in [-0.2, -0.15) is 0 Å². The summed E-state index contributed by atoms with van der Waals surface area (Å²) in [6.07, 6.45) is 0. The Morgan fingerprint density at radius 2 is 1.72 bits per heavy atom. The summed E-state index contributed by atoms with van der Waals surface area (Å²) in [5.74, 6) is -1.94. The number of hydrogen-bond acceptors (Lipinski definition) is 6. The first-order chi connectivity index (χ1) is 15.5. The molecule has 0 bridgehead atoms. The van der Waals surface area contributed by atoms with Crippen molar-refractivity contribution in [3.8, 4) is 16.9 Å². The van der Waals surface area contributed by atoms with Crippen LogP contribution in [0.15, 0.2) is 54.6 Å². The summed E-state index contributed by atoms with van der Waals surface area (Å²) in [5.41, 5.74) is 1.93. The SMILES string of the molecule is COC(=O)c1c(-c2ccc3ccccc3n2)c2n(c1C(=O)OC)-c1ccc(Cl)cc1C2=O. The van der Waals surface area contributed by atoms with Crippen molar-refractivity contribution in [1.29, 1.82) is 0 Å². The summed E-state index contributed by atoms with van der Waals surface area (Å²) in [5, 5.41) is 1.27. The van der Waals surface area contributed by atoms with Crippen molar-refractivity contribution in [2.24, 2.45) is 0 Å². The molecule has 0 saturated heterocycles. The predicted octanol–water partition coefficient (Wildman–Crippen LogP) is 4.46. The van der Waals surface area contributed by atoms with E-state index in [0.29, 0.717) is 27.5 Å². The summed E-state index contributed by atoms with van der Waals surface area (Å²) >= 11 is 6.11. The monoisotopic (exact) mass is 446 g/mol. The molecule has 3 heterocycles. The molecule has 0 atom stereocenters. The third kappa shape index (κ3) is 2.75. The summed E-state index contributed by atoms with van der Waals surface area (Å²) in [7, 11) is 2.41. The molecule has 8 heteroatoms. The normalized spacial score (nSPS) is 11.9. The predicted molar refractivity (Wildman–Crippen MR) is 118 cm³/mol. The number of carbonyl (C=O) groups excluding carboxylic acids is 3. The lowest BCUT2D eigenvalue weighted by Crippen LogP contribution is -2.15. The smallest absolute Gasteiger partial charge is 0.355 e. The van der Waals surface area contributed by atoms with Crippen molar-refractivity contribution in [3.05, 3.63) is 82.1 Å². The maximum Gasteiger partial charge on any atom is 0.355 e. The standard InChI is InChI=1S/C24H15ClN2O5/c1-31-23(29)19-18(16-9-7-12-5-3-4-6-15(12)26-16)20-22(28)14-11-13(25)8-10-17(14)27(20)21(19)24(30)32-2/h3-11H,1-2H3. The van der Waals surface area contributed by atoms with Gasteiger partial charge in [-0.05, 0) is 30.3 Å². The molecule has 1 aliphatic rings. The van der Waals surface area contributed by atoms with Crippen LogP contribution in [-0.2, 0) is 9.47 Å². The summed E-state index contributed by atoms with van der Waals surface area (Å²) in [6.45, 7) is 0. The Morgan fingerprint density at radius 3 is 2.47 bits per heavy atom. The Hall–Kier alpha value is -3.97. The van der Waals surface area contributed by atoms with E-state index >= 15 is 0 Å². The zero-order chi connectivity index (χ0) is 22.6. The van der Waals surface area contributed by atoms with Crippen LogP contribution in [0.2, 0.25) is 5.02 Å². The Labute approximate surface area is 187 Å². The fourth-order valence-electron chi connectivity index (χ4n) is 4.09. The number of ether oxygens (including phenoxy) is 2. The summed E-state index contributed by atoms with van der Waals surface area (Å²) in [4.78, 5) is 43.9. The molecule has 2 aromatic carbocycles. The summed E-state index contributed by atoms with van der Waals surface area (Å²) in [6, 6.07) is 15.8. The van der Waals surface area contributed by atoms with E-state index in [0.717, 1.165) is 5.39 Å². The van der Waals surface area contributed by atoms with Crippen LogP contribution in [0.5, 0.6) is 0 Å². The molecule has 0 spiro atoms. The molecule has 7 nitrogen and oxygen atoms in total. The van der Waals surface area contributed by atoms with E-state index in [4.69, 9.17) is 21.1 Å². The van der Waals surface area contributed by atoms with E-state index in [2.05, 4.69) is 4.98 Å². The Bertz CT molecular complexity index is 1470. The minimum absolute atomic E-state index is 0.0777. The number of pyridine rings is 1. The highest BCUT2D eigenvalue weighted by Gasteiger charge is 2.41. The lowest BCUT2D eigenvalue weighted by atomic mass is 9.99. The molecule has 0 unspecified atom stereocenters. The van der Waals surface area contributed by atoms with Gasteiger partial charge in [0.05, 0.1) is 31.1 Å². The second-order valence-corrected chi connectivity index (χ2v) is 7.58. The van der Waals surface area contributed by atoms with Crippen molar-refractivity contribution >= 4 is 40.2 Å². The van der Waals surface area contributed by atoms with Gasteiger partial charge >= 0.3 is 11.9 Å². The van der Waals surface area contributed by atoms with Gasteiger partial charge in [0, 0.05) is 21.5 Å². The zero-order valence-corrected chi connectivity index (χ0v) is 17.8. The van der Waals surface area contributed by atoms with Gasteiger partial charge in [-0.3, -0.25) is 9.36 Å². The minimum Gasteiger partial charge on any atom is -0.465 e. The van der Waals surface area contributed by atoms with Gasteiger partial charge in [-0.1, -0.05) is 35.9 Å². The Morgan fingerprint density at radius 1 is 0.969 bits per heavy atom. The molecule has 32 heavy (non-hydrogen) atoms. The van der Waals surface area contributed by atoms with Crippen molar-refractivity contribution in [2.75, 3.05) is 14.2 Å². The van der Waals surface area contributed by atoms with Gasteiger partial charge in [0.2, 0.25) is 5.78 Å². The third-order valence-corrected chi connectivity index (χ3v) is 5.69. The van der Waals surface area contributed by atoms with E-state index in [1.54, 1.807) is 18.2 Å². The molecule has 158 valence electrons. The van der Waals surface area contributed by atoms with Crippen molar-refractivity contribution in [3.63, 3.8) is 0 Å². The van der Waals surface area contributed by atoms with Crippen LogP contribution in [0.3, 0.4) is 0 Å². The van der Waals surface area contributed by atoms with Crippen LogP contribution in [0, 0.1) is 0 Å². The number of halogens is 1. The number of carbonyl (C=O) groups is 3. The molecule has 4 aromatic rings. The molecule has 2 aromatic heterocycles. The molecular weight excluding hydrogens is 432 g/mol. The number of para-hydroxylation sites is 1. The zero-order valence-electron chi connectivity index (χ0n) is 17.0. The van der Waals surface area contributed by atoms with Gasteiger partial charge in [-0.25, -0.2) is 14.6 Å². The summed E-state index contributed by atoms with van der Waals surface area (Å²) < 4.78 is 11.4. The molecule has 0 N–H and O–H groups in total. The molecule has 0 aliphatic carbocycles. The fourth-order valence-corrected chi connectivity index (χ4v) is 4.26. The molecule has 0 fully saturated rings. The third-order valence-electron chi connectivity index (χ3n) is 5.45. The second-order valence-electron chi connectivity index (χ2n) is 7.15. The van der Waals surface area contributed by atoms with Gasteiger partial charge in [0.15, 0.2) is 0 Å². The highest BCUT2D eigenvalue weighted by Crippen LogP contribution is 2.42. The van der Waals surface area contributed by atoms with E-state index in [9.17, 15) is 14.4 Å². The first-order valence-electron chi connectivity index (χ1n) is 9.62. The quantitative estimate of drug-likeness (QED) is 0.380. The number of methoxy groups -OCH3 is 2. The van der Waals surface area contributed by atoms with Crippen LogP contribution < -0.4 is 0 Å². The maximum absolute atomic E-state index is 13.5. The average molecular weight is 447 g/mol. The lowest BCUT2D eigenvalue weighted by molar-refractivity contribution is 0.0550. The number of ketones is 1. The highest BCUT2D eigenvalue weighted by molar-refractivity contribution is 6.32. The molecule has 0 radical (unpaired) electrons. The molecule has 0 saturated carbocycles. The van der Waals surface area contributed by atoms with E-state index in [1.165, 1.54) is 24.9 Å². The molecule has 0 amide bonds. The van der Waals surface area contributed by atoms with Crippen LogP contribution in [0.4, 0.5) is 0 Å². The molecule has 1 aliphatic heterocycles. The van der Waals surface area contributed by atoms with Crippen molar-refractivity contribution in [1.82, 2.24) is 9.55 Å². The fraction of sp³-hybridized carbons (Fsp3) is 0.0833. The van der Waals surface area contributed by atoms with Gasteiger partial charge < -0.3 is 9.47 Å². The van der Waals surface area contributed by atoms with Gasteiger partial charge in [0.1, 0.15) is 17.0 Å². The van der Waals surface area contributed by atoms with E-state index in [1.807, 2.05) is 30.3 Å². The van der Waals surface area contributed by atoms with Crippen LogP contribution >= 0.6 is 11.6 Å². The number of benzene rings is 2. The van der Waals surface area contributed by atoms with Gasteiger partial charge in [0.25, 0.3) is 0 Å². The van der Waals surface area contributed by atoms with Gasteiger partial charge in [-0.15, -0.1) is 0 Å². The minimum atomic E-state index is -0.783. The van der Waals surface area contributed by atoms with E-state index < -0.39 is 11.9 Å². The number of nitrogens with zero attached hydrogens (tertiary/aromatic N) is 2. The number of aromatic nitrogens is 2. The molecular formula is C24H15ClN2O5. The number of hydrogen-bond donors (Lipinski definition) is 0. The van der Waals surface area contributed by atoms with Crippen LogP contribution in [-0.4, -0.2) is 41.5 Å². The molecule has 5 rings (SSSR count). The topological polar surface area (TPSA) is 87.5 Å². The first kappa shape index (κ1) is 20.0. The number of esters is 2. The second kappa shape index (κ2) is 7.32. The van der Waals surface area contributed by atoms with E-state index in [-0.39, 0.29) is 28.3 Å². The van der Waals surface area contributed by atoms with Crippen molar-refractivity contribution in [2.45, 2.75) is 0 Å². The Balaban J connectivity index is 1.92. The Kier molecular flexibility index (Phi) is 4.56. The van der Waals surface area contributed by atoms with Crippen LogP contribution in [0.25, 0.3) is 27.8 Å². The first-order valence-corrected chi connectivity index (χ1v) is 10.00. The maximum atomic E-state index is 13.5. The highest BCUT2D eigenvalue weighted by atomic mass is 35.5.